The summed E-state index contributed by atoms with van der Waals surface area (Å²) in [5, 5.41) is 22.6. The number of hydrogen-bond acceptors (Lipinski definition) is 4. The van der Waals surface area contributed by atoms with Crippen LogP contribution in [0.3, 0.4) is 0 Å². The van der Waals surface area contributed by atoms with Crippen LogP contribution in [0.2, 0.25) is 0 Å². The molecule has 4 heteroatoms. The average molecular weight is 299 g/mol. The number of nitriles is 1. The molecule has 1 saturated heterocycles. The number of aliphatic hydroxyl groups is 1. The Bertz CT molecular complexity index is 514. The van der Waals surface area contributed by atoms with Crippen molar-refractivity contribution in [1.82, 2.24) is 4.90 Å². The minimum atomic E-state index is -0.128. The number of hydrogen-bond donors (Lipinski definition) is 2. The van der Waals surface area contributed by atoms with Gasteiger partial charge in [0.05, 0.1) is 17.7 Å². The predicted molar refractivity (Wildman–Crippen MR) is 87.6 cm³/mol. The fourth-order valence-corrected chi connectivity index (χ4v) is 3.77. The SMILES string of the molecule is N#Cc1ccc(NC2CCN(C3CCCCC3O)CC2)cc1. The van der Waals surface area contributed by atoms with Crippen LogP contribution in [-0.4, -0.2) is 41.3 Å². The van der Waals surface area contributed by atoms with E-state index in [2.05, 4.69) is 16.3 Å². The van der Waals surface area contributed by atoms with Crippen LogP contribution in [0.15, 0.2) is 24.3 Å². The molecule has 0 amide bonds. The molecule has 1 heterocycles. The second kappa shape index (κ2) is 7.13. The lowest BCUT2D eigenvalue weighted by atomic mass is 9.89. The van der Waals surface area contributed by atoms with Crippen molar-refractivity contribution >= 4 is 5.69 Å². The third-order valence-corrected chi connectivity index (χ3v) is 5.08. The van der Waals surface area contributed by atoms with E-state index in [0.717, 1.165) is 44.5 Å². The molecule has 2 N–H and O–H groups in total. The van der Waals surface area contributed by atoms with Crippen LogP contribution in [0.5, 0.6) is 0 Å². The summed E-state index contributed by atoms with van der Waals surface area (Å²) in [5.41, 5.74) is 1.79. The molecule has 0 spiro atoms. The molecule has 3 rings (SSSR count). The molecule has 2 unspecified atom stereocenters. The zero-order chi connectivity index (χ0) is 15.4. The van der Waals surface area contributed by atoms with Crippen LogP contribution in [0.1, 0.15) is 44.1 Å². The van der Waals surface area contributed by atoms with Gasteiger partial charge in [-0.05, 0) is 49.9 Å². The Kier molecular flexibility index (Phi) is 4.97. The largest absolute Gasteiger partial charge is 0.391 e. The maximum atomic E-state index is 10.2. The topological polar surface area (TPSA) is 59.3 Å². The Hall–Kier alpha value is -1.57. The second-order valence-electron chi connectivity index (χ2n) is 6.56. The zero-order valence-corrected chi connectivity index (χ0v) is 13.0. The number of aliphatic hydroxyl groups excluding tert-OH is 1. The predicted octanol–water partition coefficient (Wildman–Crippen LogP) is 2.74. The van der Waals surface area contributed by atoms with Crippen molar-refractivity contribution in [3.05, 3.63) is 29.8 Å². The summed E-state index contributed by atoms with van der Waals surface area (Å²) in [7, 11) is 0. The van der Waals surface area contributed by atoms with Gasteiger partial charge in [-0.15, -0.1) is 0 Å². The molecule has 1 aliphatic carbocycles. The maximum absolute atomic E-state index is 10.2. The van der Waals surface area contributed by atoms with E-state index >= 15 is 0 Å². The van der Waals surface area contributed by atoms with E-state index in [4.69, 9.17) is 5.26 Å². The number of piperidine rings is 1. The van der Waals surface area contributed by atoms with Gasteiger partial charge in [-0.25, -0.2) is 0 Å². The van der Waals surface area contributed by atoms with Crippen LogP contribution in [0.25, 0.3) is 0 Å². The van der Waals surface area contributed by atoms with E-state index in [1.54, 1.807) is 0 Å². The monoisotopic (exact) mass is 299 g/mol. The number of rotatable bonds is 3. The fraction of sp³-hybridized carbons (Fsp3) is 0.611. The standard InChI is InChI=1S/C18H25N3O/c19-13-14-5-7-15(8-6-14)20-16-9-11-21(12-10-16)17-3-1-2-4-18(17)22/h5-8,16-18,20,22H,1-4,9-12H2. The van der Waals surface area contributed by atoms with Gasteiger partial charge >= 0.3 is 0 Å². The van der Waals surface area contributed by atoms with Gasteiger partial charge < -0.3 is 10.4 Å². The number of likely N-dealkylation sites (tertiary alicyclic amines) is 1. The number of nitrogens with zero attached hydrogens (tertiary/aromatic N) is 2. The van der Waals surface area contributed by atoms with Gasteiger partial charge in [0.2, 0.25) is 0 Å². The minimum Gasteiger partial charge on any atom is -0.391 e. The van der Waals surface area contributed by atoms with Gasteiger partial charge in [0.1, 0.15) is 0 Å². The molecule has 1 saturated carbocycles. The fourth-order valence-electron chi connectivity index (χ4n) is 3.77. The quantitative estimate of drug-likeness (QED) is 0.901. The Morgan fingerprint density at radius 1 is 1.05 bits per heavy atom. The Labute approximate surface area is 132 Å². The Balaban J connectivity index is 1.50. The first-order chi connectivity index (χ1) is 10.8. The molecule has 1 aromatic rings. The first-order valence-corrected chi connectivity index (χ1v) is 8.45. The molecule has 2 atom stereocenters. The summed E-state index contributed by atoms with van der Waals surface area (Å²) in [5.74, 6) is 0. The first-order valence-electron chi connectivity index (χ1n) is 8.45. The highest BCUT2D eigenvalue weighted by molar-refractivity contribution is 5.47. The normalized spacial score (nSPS) is 27.3. The highest BCUT2D eigenvalue weighted by atomic mass is 16.3. The summed E-state index contributed by atoms with van der Waals surface area (Å²) in [6, 6.07) is 10.7. The molecular formula is C18H25N3O. The first kappa shape index (κ1) is 15.3. The zero-order valence-electron chi connectivity index (χ0n) is 13.0. The lowest BCUT2D eigenvalue weighted by Crippen LogP contribution is -2.50. The molecular weight excluding hydrogens is 274 g/mol. The van der Waals surface area contributed by atoms with E-state index in [0.29, 0.717) is 17.6 Å². The third-order valence-electron chi connectivity index (χ3n) is 5.08. The molecule has 0 radical (unpaired) electrons. The van der Waals surface area contributed by atoms with Crippen molar-refractivity contribution in [3.8, 4) is 6.07 Å². The summed E-state index contributed by atoms with van der Waals surface area (Å²) in [6.45, 7) is 2.13. The van der Waals surface area contributed by atoms with Gasteiger partial charge in [0.25, 0.3) is 0 Å². The van der Waals surface area contributed by atoms with Crippen LogP contribution in [-0.2, 0) is 0 Å². The third kappa shape index (κ3) is 3.60. The van der Waals surface area contributed by atoms with Crippen molar-refractivity contribution in [3.63, 3.8) is 0 Å². The smallest absolute Gasteiger partial charge is 0.0991 e. The molecule has 118 valence electrons. The van der Waals surface area contributed by atoms with E-state index in [9.17, 15) is 5.11 Å². The summed E-state index contributed by atoms with van der Waals surface area (Å²) < 4.78 is 0. The van der Waals surface area contributed by atoms with Gasteiger partial charge in [-0.3, -0.25) is 4.90 Å². The maximum Gasteiger partial charge on any atom is 0.0991 e. The van der Waals surface area contributed by atoms with Crippen molar-refractivity contribution in [2.75, 3.05) is 18.4 Å². The van der Waals surface area contributed by atoms with Gasteiger partial charge in [-0.1, -0.05) is 12.8 Å². The molecule has 1 aliphatic heterocycles. The summed E-state index contributed by atoms with van der Waals surface area (Å²) in [6.07, 6.45) is 6.64. The molecule has 1 aromatic carbocycles. The summed E-state index contributed by atoms with van der Waals surface area (Å²) in [4.78, 5) is 2.49. The Morgan fingerprint density at radius 2 is 1.73 bits per heavy atom. The van der Waals surface area contributed by atoms with Crippen molar-refractivity contribution in [2.45, 2.75) is 56.7 Å². The van der Waals surface area contributed by atoms with Crippen LogP contribution >= 0.6 is 0 Å². The van der Waals surface area contributed by atoms with E-state index in [1.807, 2.05) is 24.3 Å². The highest BCUT2D eigenvalue weighted by Crippen LogP contribution is 2.26. The van der Waals surface area contributed by atoms with Crippen LogP contribution < -0.4 is 5.32 Å². The summed E-state index contributed by atoms with van der Waals surface area (Å²) >= 11 is 0. The molecule has 22 heavy (non-hydrogen) atoms. The van der Waals surface area contributed by atoms with E-state index in [-0.39, 0.29) is 6.10 Å². The number of nitrogens with one attached hydrogen (secondary N) is 1. The average Bonchev–Trinajstić information content (AvgIpc) is 2.57. The molecule has 2 aliphatic rings. The number of anilines is 1. The molecule has 0 aromatic heterocycles. The molecule has 2 fully saturated rings. The molecule has 0 bridgehead atoms. The van der Waals surface area contributed by atoms with Gasteiger partial charge in [-0.2, -0.15) is 5.26 Å². The van der Waals surface area contributed by atoms with Crippen molar-refractivity contribution in [1.29, 1.82) is 5.26 Å². The highest BCUT2D eigenvalue weighted by Gasteiger charge is 2.31. The Morgan fingerprint density at radius 3 is 2.36 bits per heavy atom. The van der Waals surface area contributed by atoms with Gasteiger partial charge in [0, 0.05) is 30.9 Å². The van der Waals surface area contributed by atoms with Crippen molar-refractivity contribution < 1.29 is 5.11 Å². The van der Waals surface area contributed by atoms with Crippen LogP contribution in [0.4, 0.5) is 5.69 Å². The lowest BCUT2D eigenvalue weighted by Gasteiger charge is -2.41. The van der Waals surface area contributed by atoms with E-state index in [1.165, 1.54) is 12.8 Å². The number of benzene rings is 1. The minimum absolute atomic E-state index is 0.128. The molecule has 4 nitrogen and oxygen atoms in total. The van der Waals surface area contributed by atoms with E-state index < -0.39 is 0 Å². The van der Waals surface area contributed by atoms with Crippen LogP contribution in [0, 0.1) is 11.3 Å². The van der Waals surface area contributed by atoms with Gasteiger partial charge in [0.15, 0.2) is 0 Å². The lowest BCUT2D eigenvalue weighted by molar-refractivity contribution is 0.00994. The van der Waals surface area contributed by atoms with Crippen molar-refractivity contribution in [2.24, 2.45) is 0 Å². The second-order valence-corrected chi connectivity index (χ2v) is 6.56.